The Morgan fingerprint density at radius 2 is 2.00 bits per heavy atom. The fraction of sp³-hybridized carbons (Fsp3) is 0.529. The fourth-order valence-electron chi connectivity index (χ4n) is 2.95. The van der Waals surface area contributed by atoms with Gasteiger partial charge in [-0.05, 0) is 71.1 Å². The third kappa shape index (κ3) is 2.83. The molecule has 20 heavy (non-hydrogen) atoms. The van der Waals surface area contributed by atoms with Gasteiger partial charge in [0, 0.05) is 23.1 Å². The van der Waals surface area contributed by atoms with E-state index < -0.39 is 0 Å². The Bertz CT molecular complexity index is 584. The second kappa shape index (κ2) is 6.31. The van der Waals surface area contributed by atoms with Crippen LogP contribution in [-0.2, 0) is 13.0 Å². The van der Waals surface area contributed by atoms with Crippen molar-refractivity contribution in [3.8, 4) is 5.75 Å². The number of benzene rings is 1. The number of aromatic nitrogens is 1. The van der Waals surface area contributed by atoms with Crippen LogP contribution in [0.15, 0.2) is 18.2 Å². The van der Waals surface area contributed by atoms with Crippen LogP contribution >= 0.6 is 0 Å². The quantitative estimate of drug-likeness (QED) is 0.802. The van der Waals surface area contributed by atoms with Crippen LogP contribution in [-0.4, -0.2) is 37.2 Å². The van der Waals surface area contributed by atoms with Crippen LogP contribution < -0.4 is 4.74 Å². The molecule has 0 fully saturated rings. The number of ether oxygens (including phenoxy) is 1. The van der Waals surface area contributed by atoms with Crippen LogP contribution in [0.1, 0.15) is 24.6 Å². The molecule has 3 heteroatoms. The summed E-state index contributed by atoms with van der Waals surface area (Å²) < 4.78 is 7.79. The van der Waals surface area contributed by atoms with Crippen LogP contribution in [0, 0.1) is 6.92 Å². The summed E-state index contributed by atoms with van der Waals surface area (Å²) >= 11 is 0. The number of fused-ring (bicyclic) bond motifs is 1. The number of hydrogen-bond acceptors (Lipinski definition) is 2. The maximum absolute atomic E-state index is 5.39. The van der Waals surface area contributed by atoms with E-state index in [0.717, 1.165) is 25.3 Å². The van der Waals surface area contributed by atoms with Crippen LogP contribution in [0.5, 0.6) is 5.75 Å². The van der Waals surface area contributed by atoms with E-state index in [1.54, 1.807) is 7.11 Å². The maximum atomic E-state index is 5.39. The summed E-state index contributed by atoms with van der Waals surface area (Å²) in [6.07, 6.45) is 2.31. The lowest BCUT2D eigenvalue weighted by molar-refractivity contribution is 0.400. The Hall–Kier alpha value is -1.48. The van der Waals surface area contributed by atoms with Gasteiger partial charge in [-0.25, -0.2) is 0 Å². The number of hydrogen-bond donors (Lipinski definition) is 0. The SMILES string of the molecule is CCn1c(C)c(CCCN(C)C)c2cc(OC)ccc21. The van der Waals surface area contributed by atoms with Crippen molar-refractivity contribution in [2.75, 3.05) is 27.7 Å². The molecule has 0 atom stereocenters. The Balaban J connectivity index is 2.42. The summed E-state index contributed by atoms with van der Waals surface area (Å²) in [7, 11) is 5.99. The fourth-order valence-corrected chi connectivity index (χ4v) is 2.95. The molecule has 0 aliphatic rings. The molecule has 2 rings (SSSR count). The summed E-state index contributed by atoms with van der Waals surface area (Å²) in [6, 6.07) is 6.41. The van der Waals surface area contributed by atoms with Crippen molar-refractivity contribution < 1.29 is 4.74 Å². The predicted molar refractivity (Wildman–Crippen MR) is 85.8 cm³/mol. The maximum Gasteiger partial charge on any atom is 0.119 e. The highest BCUT2D eigenvalue weighted by Crippen LogP contribution is 2.30. The first-order valence-corrected chi connectivity index (χ1v) is 7.39. The zero-order chi connectivity index (χ0) is 14.7. The normalized spacial score (nSPS) is 11.5. The van der Waals surface area contributed by atoms with Gasteiger partial charge in [-0.1, -0.05) is 0 Å². The molecule has 1 heterocycles. The molecular weight excluding hydrogens is 248 g/mol. The van der Waals surface area contributed by atoms with Gasteiger partial charge >= 0.3 is 0 Å². The van der Waals surface area contributed by atoms with E-state index in [4.69, 9.17) is 4.74 Å². The average Bonchev–Trinajstić information content (AvgIpc) is 2.70. The van der Waals surface area contributed by atoms with E-state index in [1.165, 1.54) is 28.6 Å². The van der Waals surface area contributed by atoms with Gasteiger partial charge in [0.1, 0.15) is 5.75 Å². The Morgan fingerprint density at radius 1 is 1.25 bits per heavy atom. The molecule has 2 aromatic rings. The summed E-state index contributed by atoms with van der Waals surface area (Å²) in [5.74, 6) is 0.944. The molecule has 0 saturated heterocycles. The summed E-state index contributed by atoms with van der Waals surface area (Å²) in [5, 5.41) is 1.35. The Kier molecular flexibility index (Phi) is 4.71. The third-order valence-electron chi connectivity index (χ3n) is 4.01. The average molecular weight is 274 g/mol. The summed E-state index contributed by atoms with van der Waals surface area (Å²) in [4.78, 5) is 2.24. The molecule has 0 bridgehead atoms. The molecule has 0 spiro atoms. The van der Waals surface area contributed by atoms with Gasteiger partial charge in [0.25, 0.3) is 0 Å². The van der Waals surface area contributed by atoms with Crippen LogP contribution in [0.3, 0.4) is 0 Å². The van der Waals surface area contributed by atoms with Gasteiger partial charge in [-0.15, -0.1) is 0 Å². The monoisotopic (exact) mass is 274 g/mol. The van der Waals surface area contributed by atoms with Gasteiger partial charge in [-0.3, -0.25) is 0 Å². The predicted octanol–water partition coefficient (Wildman–Crippen LogP) is 3.47. The van der Waals surface area contributed by atoms with E-state index in [-0.39, 0.29) is 0 Å². The molecule has 0 amide bonds. The van der Waals surface area contributed by atoms with Crippen molar-refractivity contribution in [1.82, 2.24) is 9.47 Å². The topological polar surface area (TPSA) is 17.4 Å². The largest absolute Gasteiger partial charge is 0.497 e. The summed E-state index contributed by atoms with van der Waals surface area (Å²) in [5.41, 5.74) is 4.20. The van der Waals surface area contributed by atoms with E-state index in [9.17, 15) is 0 Å². The second-order valence-corrected chi connectivity index (χ2v) is 5.60. The lowest BCUT2D eigenvalue weighted by atomic mass is 10.1. The molecule has 0 aliphatic heterocycles. The van der Waals surface area contributed by atoms with Crippen LogP contribution in [0.4, 0.5) is 0 Å². The number of nitrogens with zero attached hydrogens (tertiary/aromatic N) is 2. The van der Waals surface area contributed by atoms with Gasteiger partial charge in [-0.2, -0.15) is 0 Å². The van der Waals surface area contributed by atoms with Crippen molar-refractivity contribution in [2.45, 2.75) is 33.2 Å². The summed E-state index contributed by atoms with van der Waals surface area (Å²) in [6.45, 7) is 6.59. The molecule has 1 aromatic carbocycles. The van der Waals surface area contributed by atoms with Crippen LogP contribution in [0.25, 0.3) is 10.9 Å². The number of aryl methyl sites for hydroxylation is 2. The van der Waals surface area contributed by atoms with E-state index >= 15 is 0 Å². The minimum atomic E-state index is 0.944. The number of rotatable bonds is 6. The van der Waals surface area contributed by atoms with Gasteiger partial charge in [0.15, 0.2) is 0 Å². The lowest BCUT2D eigenvalue weighted by Crippen LogP contribution is -2.13. The smallest absolute Gasteiger partial charge is 0.119 e. The lowest BCUT2D eigenvalue weighted by Gasteiger charge is -2.09. The molecule has 0 aliphatic carbocycles. The second-order valence-electron chi connectivity index (χ2n) is 5.60. The molecule has 110 valence electrons. The molecular formula is C17H26N2O. The highest BCUT2D eigenvalue weighted by Gasteiger charge is 2.13. The van der Waals surface area contributed by atoms with E-state index in [0.29, 0.717) is 0 Å². The Morgan fingerprint density at radius 3 is 2.60 bits per heavy atom. The molecule has 0 radical (unpaired) electrons. The zero-order valence-electron chi connectivity index (χ0n) is 13.4. The van der Waals surface area contributed by atoms with E-state index in [1.807, 2.05) is 0 Å². The minimum Gasteiger partial charge on any atom is -0.497 e. The van der Waals surface area contributed by atoms with Crippen molar-refractivity contribution in [2.24, 2.45) is 0 Å². The highest BCUT2D eigenvalue weighted by atomic mass is 16.5. The Labute approximate surface area is 122 Å². The van der Waals surface area contributed by atoms with Crippen molar-refractivity contribution in [3.05, 3.63) is 29.5 Å². The van der Waals surface area contributed by atoms with Gasteiger partial charge in [0.05, 0.1) is 7.11 Å². The number of methoxy groups -OCH3 is 1. The van der Waals surface area contributed by atoms with Crippen molar-refractivity contribution >= 4 is 10.9 Å². The molecule has 0 unspecified atom stereocenters. The molecule has 0 saturated carbocycles. The van der Waals surface area contributed by atoms with E-state index in [2.05, 4.69) is 55.6 Å². The third-order valence-corrected chi connectivity index (χ3v) is 4.01. The van der Waals surface area contributed by atoms with Crippen LogP contribution in [0.2, 0.25) is 0 Å². The highest BCUT2D eigenvalue weighted by molar-refractivity contribution is 5.87. The van der Waals surface area contributed by atoms with Gasteiger partial charge < -0.3 is 14.2 Å². The first-order valence-electron chi connectivity index (χ1n) is 7.39. The van der Waals surface area contributed by atoms with Gasteiger partial charge in [0.2, 0.25) is 0 Å². The molecule has 3 nitrogen and oxygen atoms in total. The van der Waals surface area contributed by atoms with Crippen molar-refractivity contribution in [1.29, 1.82) is 0 Å². The molecule has 0 N–H and O–H groups in total. The molecule has 1 aromatic heterocycles. The zero-order valence-corrected chi connectivity index (χ0v) is 13.4. The standard InChI is InChI=1S/C17H26N2O/c1-6-19-13(2)15(8-7-11-18(3)4)16-12-14(20-5)9-10-17(16)19/h9-10,12H,6-8,11H2,1-5H3. The first-order chi connectivity index (χ1) is 9.58. The minimum absolute atomic E-state index is 0.944. The first kappa shape index (κ1) is 14.9. The van der Waals surface area contributed by atoms with Crippen molar-refractivity contribution in [3.63, 3.8) is 0 Å².